The molecule has 7 heteroatoms. The maximum absolute atomic E-state index is 12.7. The molecule has 1 aromatic heterocycles. The van der Waals surface area contributed by atoms with Crippen LogP contribution in [0.2, 0.25) is 0 Å². The van der Waals surface area contributed by atoms with Gasteiger partial charge in [-0.05, 0) is 41.6 Å². The quantitative estimate of drug-likeness (QED) is 0.932. The fourth-order valence-corrected chi connectivity index (χ4v) is 4.74. The Morgan fingerprint density at radius 1 is 1.29 bits per heavy atom. The molecule has 1 aliphatic heterocycles. The molecule has 2 N–H and O–H groups in total. The fraction of sp³-hybridized carbons (Fsp3) is 0.214. The Labute approximate surface area is 127 Å². The van der Waals surface area contributed by atoms with Crippen LogP contribution in [-0.2, 0) is 23.0 Å². The molecule has 0 fully saturated rings. The van der Waals surface area contributed by atoms with Crippen molar-refractivity contribution in [1.29, 1.82) is 0 Å². The molecule has 2 aromatic rings. The third-order valence-electron chi connectivity index (χ3n) is 3.53. The lowest BCUT2D eigenvalue weighted by Crippen LogP contribution is -2.35. The number of hydrogen-bond donors (Lipinski definition) is 1. The van der Waals surface area contributed by atoms with Crippen molar-refractivity contribution in [3.63, 3.8) is 0 Å². The van der Waals surface area contributed by atoms with E-state index in [4.69, 9.17) is 5.73 Å². The number of nitrogens with zero attached hydrogens (tertiary/aromatic N) is 1. The van der Waals surface area contributed by atoms with Crippen molar-refractivity contribution in [2.75, 3.05) is 6.54 Å². The number of fused-ring (bicyclic) bond motifs is 1. The molecule has 1 aliphatic rings. The Hall–Kier alpha value is -1.70. The molecule has 0 saturated carbocycles. The predicted molar refractivity (Wildman–Crippen MR) is 80.6 cm³/mol. The van der Waals surface area contributed by atoms with Crippen LogP contribution in [0.1, 0.15) is 20.8 Å². The largest absolute Gasteiger partial charge is 0.366 e. The molecule has 0 bridgehead atoms. The van der Waals surface area contributed by atoms with Crippen molar-refractivity contribution in [3.8, 4) is 0 Å². The number of thiophene rings is 1. The third kappa shape index (κ3) is 2.59. The van der Waals surface area contributed by atoms with Crippen molar-refractivity contribution < 1.29 is 13.2 Å². The minimum Gasteiger partial charge on any atom is -0.366 e. The highest BCUT2D eigenvalue weighted by molar-refractivity contribution is 7.89. The number of amides is 1. The monoisotopic (exact) mass is 322 g/mol. The van der Waals surface area contributed by atoms with Gasteiger partial charge in [-0.25, -0.2) is 8.42 Å². The molecule has 1 amide bonds. The molecule has 0 saturated heterocycles. The van der Waals surface area contributed by atoms with Gasteiger partial charge in [0.2, 0.25) is 15.9 Å². The normalized spacial score (nSPS) is 15.6. The number of carbonyl (C=O) groups is 1. The van der Waals surface area contributed by atoms with Gasteiger partial charge in [0.25, 0.3) is 0 Å². The number of primary amides is 1. The van der Waals surface area contributed by atoms with Crippen LogP contribution in [0, 0.1) is 0 Å². The zero-order valence-corrected chi connectivity index (χ0v) is 12.8. The highest BCUT2D eigenvalue weighted by atomic mass is 32.2. The lowest BCUT2D eigenvalue weighted by atomic mass is 10.1. The summed E-state index contributed by atoms with van der Waals surface area (Å²) in [5, 5.41) is 1.98. The topological polar surface area (TPSA) is 80.5 Å². The van der Waals surface area contributed by atoms with Crippen LogP contribution < -0.4 is 5.73 Å². The lowest BCUT2D eigenvalue weighted by molar-refractivity contribution is 0.1000. The first-order valence-corrected chi connectivity index (χ1v) is 8.76. The van der Waals surface area contributed by atoms with Crippen molar-refractivity contribution in [3.05, 3.63) is 51.7 Å². The third-order valence-corrected chi connectivity index (χ3v) is 6.39. The van der Waals surface area contributed by atoms with Gasteiger partial charge in [-0.1, -0.05) is 6.07 Å². The van der Waals surface area contributed by atoms with E-state index in [1.165, 1.54) is 33.4 Å². The molecule has 0 spiro atoms. The van der Waals surface area contributed by atoms with Gasteiger partial charge in [0.05, 0.1) is 4.90 Å². The number of benzene rings is 1. The van der Waals surface area contributed by atoms with E-state index in [9.17, 15) is 13.2 Å². The number of carbonyl (C=O) groups excluding carboxylic acids is 1. The minimum absolute atomic E-state index is 0.109. The van der Waals surface area contributed by atoms with Crippen LogP contribution in [-0.4, -0.2) is 25.2 Å². The molecule has 110 valence electrons. The van der Waals surface area contributed by atoms with Crippen molar-refractivity contribution in [1.82, 2.24) is 4.31 Å². The molecule has 0 unspecified atom stereocenters. The maximum Gasteiger partial charge on any atom is 0.248 e. The average Bonchev–Trinajstić information content (AvgIpc) is 2.94. The summed E-state index contributed by atoms with van der Waals surface area (Å²) in [7, 11) is -3.61. The minimum atomic E-state index is -3.61. The Kier molecular flexibility index (Phi) is 3.56. The van der Waals surface area contributed by atoms with E-state index in [1.54, 1.807) is 11.3 Å². The second-order valence-corrected chi connectivity index (χ2v) is 7.79. The van der Waals surface area contributed by atoms with Gasteiger partial charge in [-0.2, -0.15) is 4.31 Å². The predicted octanol–water partition coefficient (Wildman–Crippen LogP) is 1.59. The summed E-state index contributed by atoms with van der Waals surface area (Å²) < 4.78 is 26.8. The van der Waals surface area contributed by atoms with Gasteiger partial charge in [0.15, 0.2) is 0 Å². The van der Waals surface area contributed by atoms with E-state index < -0.39 is 15.9 Å². The highest BCUT2D eigenvalue weighted by Gasteiger charge is 2.29. The molecule has 0 aliphatic carbocycles. The van der Waals surface area contributed by atoms with E-state index in [-0.39, 0.29) is 10.5 Å². The van der Waals surface area contributed by atoms with Gasteiger partial charge in [0.1, 0.15) is 0 Å². The molecule has 21 heavy (non-hydrogen) atoms. The Morgan fingerprint density at radius 2 is 2.10 bits per heavy atom. The first kappa shape index (κ1) is 14.2. The second-order valence-electron chi connectivity index (χ2n) is 4.85. The standard InChI is InChI=1S/C14H14N2O3S2/c15-14(17)10-2-1-3-12(8-10)21(18,19)16-6-4-13-11(9-16)5-7-20-13/h1-3,5,7-8H,4,6,9H2,(H2,15,17). The SMILES string of the molecule is NC(=O)c1cccc(S(=O)(=O)N2CCc3sccc3C2)c1. The van der Waals surface area contributed by atoms with E-state index in [0.717, 1.165) is 12.0 Å². The lowest BCUT2D eigenvalue weighted by Gasteiger charge is -2.26. The van der Waals surface area contributed by atoms with Crippen LogP contribution in [0.15, 0.2) is 40.6 Å². The summed E-state index contributed by atoms with van der Waals surface area (Å²) in [6.45, 7) is 0.832. The first-order chi connectivity index (χ1) is 9.98. The Morgan fingerprint density at radius 3 is 2.86 bits per heavy atom. The summed E-state index contributed by atoms with van der Waals surface area (Å²) in [5.74, 6) is -0.634. The molecule has 0 radical (unpaired) electrons. The zero-order valence-electron chi connectivity index (χ0n) is 11.2. The van der Waals surface area contributed by atoms with Crippen LogP contribution >= 0.6 is 11.3 Å². The molecule has 0 atom stereocenters. The first-order valence-electron chi connectivity index (χ1n) is 6.44. The van der Waals surface area contributed by atoms with E-state index in [1.807, 2.05) is 11.4 Å². The number of hydrogen-bond acceptors (Lipinski definition) is 4. The average molecular weight is 322 g/mol. The van der Waals surface area contributed by atoms with E-state index in [2.05, 4.69) is 0 Å². The molecule has 3 rings (SSSR count). The van der Waals surface area contributed by atoms with Gasteiger partial charge in [0, 0.05) is 23.5 Å². The van der Waals surface area contributed by atoms with E-state index in [0.29, 0.717) is 13.1 Å². The molecule has 2 heterocycles. The summed E-state index contributed by atoms with van der Waals surface area (Å²) >= 11 is 1.66. The van der Waals surface area contributed by atoms with Crippen LogP contribution in [0.4, 0.5) is 0 Å². The number of sulfonamides is 1. The molecule has 1 aromatic carbocycles. The van der Waals surface area contributed by atoms with Crippen LogP contribution in [0.25, 0.3) is 0 Å². The smallest absolute Gasteiger partial charge is 0.248 e. The molecule has 5 nitrogen and oxygen atoms in total. The maximum atomic E-state index is 12.7. The van der Waals surface area contributed by atoms with Gasteiger partial charge >= 0.3 is 0 Å². The molecular formula is C14H14N2O3S2. The van der Waals surface area contributed by atoms with E-state index >= 15 is 0 Å². The van der Waals surface area contributed by atoms with Crippen LogP contribution in [0.5, 0.6) is 0 Å². The highest BCUT2D eigenvalue weighted by Crippen LogP contribution is 2.28. The summed E-state index contributed by atoms with van der Waals surface area (Å²) in [5.41, 5.74) is 6.46. The van der Waals surface area contributed by atoms with Gasteiger partial charge in [-0.15, -0.1) is 11.3 Å². The summed E-state index contributed by atoms with van der Waals surface area (Å²) in [6, 6.07) is 7.83. The van der Waals surface area contributed by atoms with Crippen molar-refractivity contribution in [2.45, 2.75) is 17.9 Å². The Bertz CT molecular complexity index is 796. The summed E-state index contributed by atoms with van der Waals surface area (Å²) in [4.78, 5) is 12.6. The number of rotatable bonds is 3. The second kappa shape index (κ2) is 5.25. The van der Waals surface area contributed by atoms with Crippen molar-refractivity contribution in [2.24, 2.45) is 5.73 Å². The fourth-order valence-electron chi connectivity index (χ4n) is 2.39. The van der Waals surface area contributed by atoms with Crippen molar-refractivity contribution >= 4 is 27.3 Å². The summed E-state index contributed by atoms with van der Waals surface area (Å²) in [6.07, 6.45) is 0.724. The van der Waals surface area contributed by atoms with Gasteiger partial charge < -0.3 is 5.73 Å². The number of nitrogens with two attached hydrogens (primary N) is 1. The van der Waals surface area contributed by atoms with Gasteiger partial charge in [-0.3, -0.25) is 4.79 Å². The zero-order chi connectivity index (χ0) is 15.0. The Balaban J connectivity index is 1.94. The van der Waals surface area contributed by atoms with Crippen LogP contribution in [0.3, 0.4) is 0 Å². The molecular weight excluding hydrogens is 308 g/mol.